The Hall–Kier alpha value is -0.830. The summed E-state index contributed by atoms with van der Waals surface area (Å²) in [6, 6.07) is 0. The zero-order chi connectivity index (χ0) is 15.7. The Labute approximate surface area is 132 Å². The lowest BCUT2D eigenvalue weighted by atomic mass is 9.47. The number of Topliss-reactive ketones (excluding diaryl/α,β-unsaturated/α-hetero) is 1. The van der Waals surface area contributed by atoms with E-state index < -0.39 is 0 Å². The van der Waals surface area contributed by atoms with Gasteiger partial charge in [-0.3, -0.25) is 4.79 Å². The van der Waals surface area contributed by atoms with Crippen LogP contribution in [0.2, 0.25) is 0 Å². The molecule has 0 aliphatic heterocycles. The maximum atomic E-state index is 11.9. The number of fused-ring (bicyclic) bond motifs is 5. The van der Waals surface area contributed by atoms with E-state index in [1.165, 1.54) is 0 Å². The van der Waals surface area contributed by atoms with Crippen LogP contribution in [-0.4, -0.2) is 22.1 Å². The van der Waals surface area contributed by atoms with Crippen molar-refractivity contribution in [3.63, 3.8) is 0 Å². The van der Waals surface area contributed by atoms with Gasteiger partial charge in [0.2, 0.25) is 0 Å². The summed E-state index contributed by atoms with van der Waals surface area (Å²) < 4.78 is 0. The molecule has 2 N–H and O–H groups in total. The standard InChI is InChI=1S/C19H28O3/c1-18-10-8-15(20)17(22)14(18)4-3-11-12-5-6-16(21)19(12,2)9-7-13(11)18/h11-13,16,21-22H,3-10H2,1-2H3/t11?,12?,13?,16?,18-,19+/m1/s1. The first-order valence-corrected chi connectivity index (χ1v) is 9.02. The van der Waals surface area contributed by atoms with E-state index in [0.717, 1.165) is 50.5 Å². The van der Waals surface area contributed by atoms with Gasteiger partial charge in [0.15, 0.2) is 11.5 Å². The molecule has 0 aromatic heterocycles. The highest BCUT2D eigenvalue weighted by molar-refractivity contribution is 5.95. The van der Waals surface area contributed by atoms with Gasteiger partial charge in [0.1, 0.15) is 0 Å². The summed E-state index contributed by atoms with van der Waals surface area (Å²) in [7, 11) is 0. The van der Waals surface area contributed by atoms with Crippen molar-refractivity contribution in [1.82, 2.24) is 0 Å². The van der Waals surface area contributed by atoms with E-state index in [1.54, 1.807) is 0 Å². The Kier molecular flexibility index (Phi) is 3.08. The molecule has 4 unspecified atom stereocenters. The van der Waals surface area contributed by atoms with E-state index >= 15 is 0 Å². The summed E-state index contributed by atoms with van der Waals surface area (Å²) in [6.45, 7) is 4.58. The molecule has 0 aromatic rings. The van der Waals surface area contributed by atoms with Crippen LogP contribution in [0.4, 0.5) is 0 Å². The maximum absolute atomic E-state index is 11.9. The van der Waals surface area contributed by atoms with Crippen LogP contribution in [0.3, 0.4) is 0 Å². The molecule has 3 nitrogen and oxygen atoms in total. The number of rotatable bonds is 0. The third-order valence-corrected chi connectivity index (χ3v) is 8.04. The van der Waals surface area contributed by atoms with Crippen LogP contribution in [0.5, 0.6) is 0 Å². The molecule has 4 rings (SSSR count). The summed E-state index contributed by atoms with van der Waals surface area (Å²) in [5.41, 5.74) is 1.16. The summed E-state index contributed by atoms with van der Waals surface area (Å²) in [4.78, 5) is 11.9. The van der Waals surface area contributed by atoms with Gasteiger partial charge in [-0.05, 0) is 79.1 Å². The topological polar surface area (TPSA) is 57.5 Å². The van der Waals surface area contributed by atoms with Crippen molar-refractivity contribution >= 4 is 5.78 Å². The molecule has 122 valence electrons. The largest absolute Gasteiger partial charge is 0.504 e. The summed E-state index contributed by atoms with van der Waals surface area (Å²) in [5, 5.41) is 20.8. The highest BCUT2D eigenvalue weighted by Gasteiger charge is 2.59. The molecular weight excluding hydrogens is 276 g/mol. The molecule has 3 fully saturated rings. The third-order valence-electron chi connectivity index (χ3n) is 8.04. The van der Waals surface area contributed by atoms with Gasteiger partial charge in [0.05, 0.1) is 6.10 Å². The maximum Gasteiger partial charge on any atom is 0.197 e. The number of aliphatic hydroxyl groups is 2. The molecule has 4 aliphatic carbocycles. The van der Waals surface area contributed by atoms with Crippen LogP contribution in [-0.2, 0) is 4.79 Å². The molecule has 3 saturated carbocycles. The summed E-state index contributed by atoms with van der Waals surface area (Å²) >= 11 is 0. The fourth-order valence-electron chi connectivity index (χ4n) is 6.66. The lowest BCUT2D eigenvalue weighted by Gasteiger charge is -2.57. The number of aliphatic hydroxyl groups excluding tert-OH is 2. The number of hydrogen-bond acceptors (Lipinski definition) is 3. The van der Waals surface area contributed by atoms with Crippen molar-refractivity contribution in [3.05, 3.63) is 11.3 Å². The molecule has 22 heavy (non-hydrogen) atoms. The van der Waals surface area contributed by atoms with Crippen LogP contribution in [0.1, 0.15) is 65.2 Å². The van der Waals surface area contributed by atoms with Crippen molar-refractivity contribution in [1.29, 1.82) is 0 Å². The molecule has 0 bridgehead atoms. The average molecular weight is 304 g/mol. The highest BCUT2D eigenvalue weighted by Crippen LogP contribution is 2.65. The lowest BCUT2D eigenvalue weighted by molar-refractivity contribution is -0.122. The highest BCUT2D eigenvalue weighted by atomic mass is 16.3. The zero-order valence-corrected chi connectivity index (χ0v) is 13.8. The number of hydrogen-bond donors (Lipinski definition) is 2. The van der Waals surface area contributed by atoms with Crippen molar-refractivity contribution in [3.8, 4) is 0 Å². The van der Waals surface area contributed by atoms with Crippen LogP contribution in [0.15, 0.2) is 11.3 Å². The fourth-order valence-corrected chi connectivity index (χ4v) is 6.66. The van der Waals surface area contributed by atoms with Gasteiger partial charge >= 0.3 is 0 Å². The number of allylic oxidation sites excluding steroid dienone is 1. The molecule has 4 aliphatic rings. The van der Waals surface area contributed by atoms with Crippen LogP contribution in [0, 0.1) is 28.6 Å². The van der Waals surface area contributed by atoms with Crippen LogP contribution < -0.4 is 0 Å². The van der Waals surface area contributed by atoms with Gasteiger partial charge in [-0.1, -0.05) is 13.8 Å². The summed E-state index contributed by atoms with van der Waals surface area (Å²) in [6.07, 6.45) is 7.56. The molecule has 3 heteroatoms. The van der Waals surface area contributed by atoms with Gasteiger partial charge in [-0.2, -0.15) is 0 Å². The molecule has 0 aromatic carbocycles. The van der Waals surface area contributed by atoms with E-state index in [2.05, 4.69) is 13.8 Å². The Morgan fingerprint density at radius 1 is 1.00 bits per heavy atom. The molecule has 6 atom stereocenters. The van der Waals surface area contributed by atoms with Gasteiger partial charge in [0.25, 0.3) is 0 Å². The Bertz CT molecular complexity index is 551. The second kappa shape index (κ2) is 4.59. The number of carbonyl (C=O) groups excluding carboxylic acids is 1. The molecule has 0 radical (unpaired) electrons. The van der Waals surface area contributed by atoms with E-state index in [-0.39, 0.29) is 28.5 Å². The van der Waals surface area contributed by atoms with Crippen molar-refractivity contribution in [2.75, 3.05) is 0 Å². The first-order valence-electron chi connectivity index (χ1n) is 9.02. The molecule has 0 spiro atoms. The van der Waals surface area contributed by atoms with Crippen LogP contribution >= 0.6 is 0 Å². The fraction of sp³-hybridized carbons (Fsp3) is 0.842. The number of carbonyl (C=O) groups is 1. The quantitative estimate of drug-likeness (QED) is 0.716. The van der Waals surface area contributed by atoms with E-state index in [1.807, 2.05) is 0 Å². The first-order chi connectivity index (χ1) is 10.4. The van der Waals surface area contributed by atoms with Crippen LogP contribution in [0.25, 0.3) is 0 Å². The van der Waals surface area contributed by atoms with E-state index in [4.69, 9.17) is 0 Å². The van der Waals surface area contributed by atoms with Gasteiger partial charge in [-0.15, -0.1) is 0 Å². The van der Waals surface area contributed by atoms with Gasteiger partial charge in [-0.25, -0.2) is 0 Å². The van der Waals surface area contributed by atoms with Gasteiger partial charge < -0.3 is 10.2 Å². The predicted molar refractivity (Wildman–Crippen MR) is 84.3 cm³/mol. The number of ketones is 1. The average Bonchev–Trinajstić information content (AvgIpc) is 2.79. The van der Waals surface area contributed by atoms with Gasteiger partial charge in [0, 0.05) is 6.42 Å². The zero-order valence-electron chi connectivity index (χ0n) is 13.8. The SMILES string of the molecule is C[C@]12CCC3C(CCC4=C(O)C(=O)CC[C@@]43C)C1CCC2O. The Morgan fingerprint density at radius 3 is 2.55 bits per heavy atom. The molecule has 0 saturated heterocycles. The first kappa shape index (κ1) is 14.7. The molecule has 0 amide bonds. The second-order valence-corrected chi connectivity index (χ2v) is 8.72. The normalized spacial score (nSPS) is 51.3. The third kappa shape index (κ3) is 1.69. The lowest BCUT2D eigenvalue weighted by Crippen LogP contribution is -2.51. The Balaban J connectivity index is 1.72. The van der Waals surface area contributed by atoms with Crippen molar-refractivity contribution in [2.24, 2.45) is 28.6 Å². The minimum atomic E-state index is -0.135. The summed E-state index contributed by atoms with van der Waals surface area (Å²) in [5.74, 6) is 1.90. The van der Waals surface area contributed by atoms with Crippen molar-refractivity contribution < 1.29 is 15.0 Å². The minimum absolute atomic E-state index is 0.00970. The molecular formula is C19H28O3. The second-order valence-electron chi connectivity index (χ2n) is 8.72. The monoisotopic (exact) mass is 304 g/mol. The van der Waals surface area contributed by atoms with E-state index in [9.17, 15) is 15.0 Å². The van der Waals surface area contributed by atoms with Crippen molar-refractivity contribution in [2.45, 2.75) is 71.3 Å². The predicted octanol–water partition coefficient (Wildman–Crippen LogP) is 3.76. The smallest absolute Gasteiger partial charge is 0.197 e. The minimum Gasteiger partial charge on any atom is -0.504 e. The van der Waals surface area contributed by atoms with E-state index in [0.29, 0.717) is 24.2 Å². The Morgan fingerprint density at radius 2 is 1.77 bits per heavy atom. The molecule has 0 heterocycles.